The Morgan fingerprint density at radius 3 is 2.57 bits per heavy atom. The summed E-state index contributed by atoms with van der Waals surface area (Å²) in [5.74, 6) is -0.880. The molecule has 0 radical (unpaired) electrons. The van der Waals surface area contributed by atoms with Crippen LogP contribution < -0.4 is 5.49 Å². The van der Waals surface area contributed by atoms with E-state index in [0.29, 0.717) is 36.3 Å². The Hall–Kier alpha value is -2.16. The quantitative estimate of drug-likeness (QED) is 0.542. The Kier molecular flexibility index (Phi) is 5.03. The van der Waals surface area contributed by atoms with Gasteiger partial charge < -0.3 is 9.72 Å². The lowest BCUT2D eigenvalue weighted by molar-refractivity contribution is -0.189. The number of aromatic nitrogens is 3. The molecule has 0 saturated heterocycles. The lowest BCUT2D eigenvalue weighted by Gasteiger charge is -2.31. The summed E-state index contributed by atoms with van der Waals surface area (Å²) < 4.78 is 46.1. The molecule has 0 aromatic carbocycles. The van der Waals surface area contributed by atoms with E-state index in [2.05, 4.69) is 9.97 Å². The van der Waals surface area contributed by atoms with Crippen LogP contribution in [-0.4, -0.2) is 38.8 Å². The van der Waals surface area contributed by atoms with Crippen molar-refractivity contribution in [1.82, 2.24) is 14.5 Å². The monoisotopic (exact) mass is 395 g/mol. The van der Waals surface area contributed by atoms with E-state index in [4.69, 9.17) is 15.6 Å². The van der Waals surface area contributed by atoms with Crippen LogP contribution in [0.5, 0.6) is 0 Å². The zero-order valence-electron chi connectivity index (χ0n) is 15.4. The van der Waals surface area contributed by atoms with Crippen LogP contribution in [0.2, 0.25) is 0 Å². The second-order valence-electron chi connectivity index (χ2n) is 7.86. The smallest absolute Gasteiger partial charge is 0.375 e. The van der Waals surface area contributed by atoms with Gasteiger partial charge in [-0.3, -0.25) is 15.4 Å². The molecule has 0 spiro atoms. The zero-order valence-corrected chi connectivity index (χ0v) is 15.4. The standard InChI is InChI=1S/C19H24F3N5O/c20-19(21,22)12-2-5-13(6-3-12)28-14-4-1-11(9-14)17(24)27-15-7-8-25-18(15)26-10-16(27)23/h7-8,10-14,23-25H,1-6,9H2. The van der Waals surface area contributed by atoms with E-state index in [1.807, 2.05) is 0 Å². The second kappa shape index (κ2) is 7.35. The van der Waals surface area contributed by atoms with Crippen LogP contribution in [0.15, 0.2) is 18.5 Å². The summed E-state index contributed by atoms with van der Waals surface area (Å²) >= 11 is 0. The molecule has 6 nitrogen and oxygen atoms in total. The highest BCUT2D eigenvalue weighted by atomic mass is 19.4. The van der Waals surface area contributed by atoms with Gasteiger partial charge in [0.1, 0.15) is 11.3 Å². The third-order valence-electron chi connectivity index (χ3n) is 6.04. The molecule has 2 aromatic rings. The van der Waals surface area contributed by atoms with E-state index in [1.54, 1.807) is 16.8 Å². The van der Waals surface area contributed by atoms with Crippen molar-refractivity contribution >= 4 is 17.0 Å². The lowest BCUT2D eigenvalue weighted by Crippen LogP contribution is -2.33. The minimum absolute atomic E-state index is 0.0314. The number of H-pyrrole nitrogens is 1. The predicted octanol–water partition coefficient (Wildman–Crippen LogP) is 3.98. The van der Waals surface area contributed by atoms with E-state index in [1.165, 1.54) is 6.20 Å². The molecular formula is C19H24F3N5O. The largest absolute Gasteiger partial charge is 0.391 e. The number of hydrogen-bond donors (Lipinski definition) is 3. The molecule has 2 aliphatic rings. The maximum absolute atomic E-state index is 12.8. The molecule has 4 rings (SSSR count). The van der Waals surface area contributed by atoms with Crippen molar-refractivity contribution < 1.29 is 17.9 Å². The molecular weight excluding hydrogens is 371 g/mol. The molecule has 2 aromatic heterocycles. The molecule has 2 unspecified atom stereocenters. The van der Waals surface area contributed by atoms with Gasteiger partial charge in [0.05, 0.1) is 29.8 Å². The van der Waals surface area contributed by atoms with Gasteiger partial charge in [0.2, 0.25) is 0 Å². The number of rotatable bonds is 3. The highest BCUT2D eigenvalue weighted by Crippen LogP contribution is 2.39. The maximum atomic E-state index is 12.8. The molecule has 0 aliphatic heterocycles. The van der Waals surface area contributed by atoms with E-state index >= 15 is 0 Å². The van der Waals surface area contributed by atoms with Crippen LogP contribution in [-0.2, 0) is 4.74 Å². The van der Waals surface area contributed by atoms with Gasteiger partial charge >= 0.3 is 6.18 Å². The topological polar surface area (TPSA) is 90.5 Å². The van der Waals surface area contributed by atoms with E-state index < -0.39 is 12.1 Å². The summed E-state index contributed by atoms with van der Waals surface area (Å²) in [4.78, 5) is 7.15. The van der Waals surface area contributed by atoms with Crippen molar-refractivity contribution in [2.75, 3.05) is 0 Å². The molecule has 0 bridgehead atoms. The SMILES string of the molecule is N=C(C1CCC(OC2CCC(C(F)(F)F)CC2)C1)n1c(=N)cnc2[nH]ccc21. The first-order valence-electron chi connectivity index (χ1n) is 9.73. The highest BCUT2D eigenvalue weighted by Gasteiger charge is 2.42. The van der Waals surface area contributed by atoms with Crippen LogP contribution in [0, 0.1) is 22.7 Å². The average Bonchev–Trinajstić information content (AvgIpc) is 3.30. The van der Waals surface area contributed by atoms with Crippen molar-refractivity contribution in [1.29, 1.82) is 10.8 Å². The molecule has 3 N–H and O–H groups in total. The van der Waals surface area contributed by atoms with Crippen LogP contribution >= 0.6 is 0 Å². The Labute approximate surface area is 160 Å². The molecule has 2 heterocycles. The van der Waals surface area contributed by atoms with Crippen LogP contribution in [0.4, 0.5) is 13.2 Å². The minimum atomic E-state index is -4.10. The normalized spacial score (nSPS) is 28.7. The Balaban J connectivity index is 1.37. The number of ether oxygens (including phenoxy) is 1. The zero-order chi connectivity index (χ0) is 19.9. The number of nitrogens with one attached hydrogen (secondary N) is 3. The molecule has 9 heteroatoms. The van der Waals surface area contributed by atoms with Gasteiger partial charge in [-0.25, -0.2) is 4.98 Å². The third kappa shape index (κ3) is 3.72. The summed E-state index contributed by atoms with van der Waals surface area (Å²) in [6.07, 6.45) is 2.32. The van der Waals surface area contributed by atoms with Crippen molar-refractivity contribution in [3.8, 4) is 0 Å². The highest BCUT2D eigenvalue weighted by molar-refractivity contribution is 5.91. The predicted molar refractivity (Wildman–Crippen MR) is 97.1 cm³/mol. The first-order valence-corrected chi connectivity index (χ1v) is 9.73. The Morgan fingerprint density at radius 2 is 1.86 bits per heavy atom. The van der Waals surface area contributed by atoms with Crippen LogP contribution in [0.1, 0.15) is 44.9 Å². The van der Waals surface area contributed by atoms with Gasteiger partial charge in [0.25, 0.3) is 0 Å². The van der Waals surface area contributed by atoms with Gasteiger partial charge in [-0.1, -0.05) is 0 Å². The van der Waals surface area contributed by atoms with E-state index in [9.17, 15) is 13.2 Å². The molecule has 2 atom stereocenters. The minimum Gasteiger partial charge on any atom is -0.375 e. The summed E-state index contributed by atoms with van der Waals surface area (Å²) in [5, 5.41) is 16.7. The number of nitrogens with zero attached hydrogens (tertiary/aromatic N) is 2. The summed E-state index contributed by atoms with van der Waals surface area (Å²) in [7, 11) is 0. The molecule has 28 heavy (non-hydrogen) atoms. The molecule has 152 valence electrons. The van der Waals surface area contributed by atoms with Crippen molar-refractivity contribution in [2.24, 2.45) is 11.8 Å². The fourth-order valence-corrected chi connectivity index (χ4v) is 4.50. The first-order chi connectivity index (χ1) is 13.3. The van der Waals surface area contributed by atoms with Gasteiger partial charge in [0, 0.05) is 12.1 Å². The summed E-state index contributed by atoms with van der Waals surface area (Å²) in [6.45, 7) is 0. The van der Waals surface area contributed by atoms with Gasteiger partial charge in [-0.2, -0.15) is 13.2 Å². The fraction of sp³-hybridized carbons (Fsp3) is 0.632. The summed E-state index contributed by atoms with van der Waals surface area (Å²) in [5.41, 5.74) is 1.49. The first kappa shape index (κ1) is 19.2. The Bertz CT molecular complexity index is 910. The number of alkyl halides is 3. The molecule has 2 saturated carbocycles. The van der Waals surface area contributed by atoms with Crippen LogP contribution in [0.25, 0.3) is 11.2 Å². The van der Waals surface area contributed by atoms with Gasteiger partial charge in [-0.05, 0) is 51.0 Å². The van der Waals surface area contributed by atoms with Crippen molar-refractivity contribution in [3.63, 3.8) is 0 Å². The lowest BCUT2D eigenvalue weighted by atomic mass is 9.87. The third-order valence-corrected chi connectivity index (χ3v) is 6.04. The average molecular weight is 395 g/mol. The maximum Gasteiger partial charge on any atom is 0.391 e. The molecule has 2 fully saturated rings. The van der Waals surface area contributed by atoms with Crippen molar-refractivity contribution in [3.05, 3.63) is 23.9 Å². The van der Waals surface area contributed by atoms with E-state index in [0.717, 1.165) is 12.8 Å². The van der Waals surface area contributed by atoms with Gasteiger partial charge in [0.15, 0.2) is 5.65 Å². The fourth-order valence-electron chi connectivity index (χ4n) is 4.50. The molecule has 2 aliphatic carbocycles. The van der Waals surface area contributed by atoms with Gasteiger partial charge in [-0.15, -0.1) is 0 Å². The number of aromatic amines is 1. The number of hydrogen-bond acceptors (Lipinski definition) is 4. The number of halogens is 3. The Morgan fingerprint density at radius 1 is 1.14 bits per heavy atom. The molecule has 0 amide bonds. The van der Waals surface area contributed by atoms with Crippen LogP contribution in [0.3, 0.4) is 0 Å². The van der Waals surface area contributed by atoms with E-state index in [-0.39, 0.29) is 36.5 Å². The van der Waals surface area contributed by atoms with Crippen molar-refractivity contribution in [2.45, 2.75) is 63.3 Å². The number of fused-ring (bicyclic) bond motifs is 1. The summed E-state index contributed by atoms with van der Waals surface area (Å²) in [6, 6.07) is 1.80. The second-order valence-corrected chi connectivity index (χ2v) is 7.86.